The molecule has 0 heterocycles. The highest BCUT2D eigenvalue weighted by atomic mass is 19.4. The molecule has 0 aromatic rings. The smallest absolute Gasteiger partial charge is 0.406 e. The van der Waals surface area contributed by atoms with E-state index < -0.39 is 37.4 Å². The summed E-state index contributed by atoms with van der Waals surface area (Å²) in [6.45, 7) is -0.584. The zero-order chi connectivity index (χ0) is 14.3. The van der Waals surface area contributed by atoms with Crippen LogP contribution in [0.5, 0.6) is 0 Å². The lowest BCUT2D eigenvalue weighted by Crippen LogP contribution is -2.47. The number of aliphatic hydroxyl groups is 1. The van der Waals surface area contributed by atoms with Gasteiger partial charge in [0.2, 0.25) is 0 Å². The number of carboxylic acid groups (broad SMARTS) is 1. The number of nitrogens with one attached hydrogen (secondary N) is 1. The maximum Gasteiger partial charge on any atom is 0.406 e. The Morgan fingerprint density at radius 2 is 1.94 bits per heavy atom. The summed E-state index contributed by atoms with van der Waals surface area (Å²) in [5.41, 5.74) is 0. The second-order valence-electron chi connectivity index (χ2n) is 3.58. The maximum atomic E-state index is 12.2. The number of amides is 2. The average molecular weight is 272 g/mol. The third kappa shape index (κ3) is 6.94. The fourth-order valence-electron chi connectivity index (χ4n) is 1.12. The summed E-state index contributed by atoms with van der Waals surface area (Å²) in [4.78, 5) is 22.1. The Bertz CT molecular complexity index is 296. The molecule has 0 aliphatic rings. The van der Waals surface area contributed by atoms with Crippen molar-refractivity contribution in [2.45, 2.75) is 25.6 Å². The van der Waals surface area contributed by atoms with Crippen molar-refractivity contribution < 1.29 is 33.0 Å². The van der Waals surface area contributed by atoms with Crippen molar-refractivity contribution in [1.29, 1.82) is 0 Å². The van der Waals surface area contributed by atoms with Crippen LogP contribution < -0.4 is 5.32 Å². The van der Waals surface area contributed by atoms with Crippen LogP contribution in [-0.2, 0) is 4.79 Å². The minimum atomic E-state index is -4.53. The van der Waals surface area contributed by atoms with Crippen molar-refractivity contribution in [3.8, 4) is 0 Å². The molecule has 2 amide bonds. The predicted molar refractivity (Wildman–Crippen MR) is 55.0 cm³/mol. The number of alkyl halides is 3. The summed E-state index contributed by atoms with van der Waals surface area (Å²) in [6, 6.07) is -1.06. The molecule has 1 atom stereocenters. The molecule has 0 bridgehead atoms. The molecule has 0 saturated heterocycles. The molecular formula is C9H15F3N2O4. The summed E-state index contributed by atoms with van der Waals surface area (Å²) in [5, 5.41) is 19.1. The van der Waals surface area contributed by atoms with Crippen LogP contribution in [0.25, 0.3) is 0 Å². The Morgan fingerprint density at radius 1 is 1.39 bits per heavy atom. The summed E-state index contributed by atoms with van der Waals surface area (Å²) in [6.07, 6.45) is -6.05. The number of carbonyl (C=O) groups is 2. The lowest BCUT2D eigenvalue weighted by Gasteiger charge is -2.24. The van der Waals surface area contributed by atoms with Crippen LogP contribution in [0.1, 0.15) is 13.3 Å². The van der Waals surface area contributed by atoms with E-state index in [1.54, 1.807) is 6.92 Å². The fourth-order valence-corrected chi connectivity index (χ4v) is 1.12. The van der Waals surface area contributed by atoms with Crippen molar-refractivity contribution in [3.05, 3.63) is 0 Å². The highest BCUT2D eigenvalue weighted by Crippen LogP contribution is 2.16. The first-order chi connectivity index (χ1) is 8.17. The highest BCUT2D eigenvalue weighted by Gasteiger charge is 2.32. The number of halogens is 3. The second-order valence-corrected chi connectivity index (χ2v) is 3.58. The highest BCUT2D eigenvalue weighted by molar-refractivity contribution is 5.76. The van der Waals surface area contributed by atoms with Gasteiger partial charge in [0.15, 0.2) is 6.10 Å². The summed E-state index contributed by atoms with van der Waals surface area (Å²) in [7, 11) is 0. The van der Waals surface area contributed by atoms with E-state index in [0.717, 1.165) is 0 Å². The standard InChI is InChI=1S/C9H15F3N2O4/c1-2-3-14(5-9(10,11)12)8(18)13-4-6(15)7(16)17/h6,15H,2-5H2,1H3,(H,13,18)(H,16,17). The van der Waals surface area contributed by atoms with Gasteiger partial charge in [0.25, 0.3) is 0 Å². The SMILES string of the molecule is CCCN(CC(F)(F)F)C(=O)NCC(O)C(=O)O. The van der Waals surface area contributed by atoms with Crippen LogP contribution >= 0.6 is 0 Å². The van der Waals surface area contributed by atoms with Gasteiger partial charge in [-0.2, -0.15) is 13.2 Å². The van der Waals surface area contributed by atoms with E-state index in [4.69, 9.17) is 10.2 Å². The number of urea groups is 1. The predicted octanol–water partition coefficient (Wildman–Crippen LogP) is 0.416. The second kappa shape index (κ2) is 7.04. The van der Waals surface area contributed by atoms with Crippen LogP contribution in [0.2, 0.25) is 0 Å². The number of aliphatic carboxylic acids is 1. The molecular weight excluding hydrogens is 257 g/mol. The molecule has 0 aliphatic carbocycles. The zero-order valence-corrected chi connectivity index (χ0v) is 9.70. The van der Waals surface area contributed by atoms with Gasteiger partial charge >= 0.3 is 18.2 Å². The third-order valence-electron chi connectivity index (χ3n) is 1.88. The summed E-state index contributed by atoms with van der Waals surface area (Å²) >= 11 is 0. The monoisotopic (exact) mass is 272 g/mol. The van der Waals surface area contributed by atoms with Crippen molar-refractivity contribution in [1.82, 2.24) is 10.2 Å². The van der Waals surface area contributed by atoms with E-state index in [9.17, 15) is 22.8 Å². The van der Waals surface area contributed by atoms with Crippen LogP contribution in [0.4, 0.5) is 18.0 Å². The molecule has 0 saturated carbocycles. The molecule has 0 aromatic heterocycles. The van der Waals surface area contributed by atoms with Gasteiger partial charge in [-0.05, 0) is 6.42 Å². The molecule has 0 radical (unpaired) electrons. The molecule has 106 valence electrons. The number of carboxylic acids is 1. The zero-order valence-electron chi connectivity index (χ0n) is 9.70. The quantitative estimate of drug-likeness (QED) is 0.653. The Morgan fingerprint density at radius 3 is 2.33 bits per heavy atom. The first kappa shape index (κ1) is 16.5. The minimum absolute atomic E-state index is 0.117. The van der Waals surface area contributed by atoms with E-state index in [1.807, 2.05) is 5.32 Å². The van der Waals surface area contributed by atoms with E-state index in [0.29, 0.717) is 11.3 Å². The number of carbonyl (C=O) groups excluding carboxylic acids is 1. The molecule has 3 N–H and O–H groups in total. The molecule has 9 heteroatoms. The van der Waals surface area contributed by atoms with Crippen molar-refractivity contribution in [2.75, 3.05) is 19.6 Å². The van der Waals surface area contributed by atoms with Crippen LogP contribution in [0.15, 0.2) is 0 Å². The molecule has 1 unspecified atom stereocenters. The van der Waals surface area contributed by atoms with Crippen LogP contribution in [0, 0.1) is 0 Å². The van der Waals surface area contributed by atoms with Gasteiger partial charge in [-0.1, -0.05) is 6.92 Å². The van der Waals surface area contributed by atoms with Crippen molar-refractivity contribution in [2.24, 2.45) is 0 Å². The van der Waals surface area contributed by atoms with Gasteiger partial charge in [-0.3, -0.25) is 0 Å². The van der Waals surface area contributed by atoms with E-state index in [-0.39, 0.29) is 6.54 Å². The van der Waals surface area contributed by atoms with Crippen molar-refractivity contribution in [3.63, 3.8) is 0 Å². The topological polar surface area (TPSA) is 89.9 Å². The number of aliphatic hydroxyl groups excluding tert-OH is 1. The van der Waals surface area contributed by atoms with Crippen LogP contribution in [0.3, 0.4) is 0 Å². The van der Waals surface area contributed by atoms with Gasteiger partial charge in [-0.25, -0.2) is 9.59 Å². The molecule has 0 spiro atoms. The molecule has 0 aliphatic heterocycles. The first-order valence-electron chi connectivity index (χ1n) is 5.17. The van der Waals surface area contributed by atoms with Gasteiger partial charge < -0.3 is 20.4 Å². The van der Waals surface area contributed by atoms with Gasteiger partial charge in [0.1, 0.15) is 6.54 Å². The maximum absolute atomic E-state index is 12.2. The number of hydrogen-bond donors (Lipinski definition) is 3. The lowest BCUT2D eigenvalue weighted by atomic mass is 10.3. The Hall–Kier alpha value is -1.51. The molecule has 0 aromatic carbocycles. The third-order valence-corrected chi connectivity index (χ3v) is 1.88. The Kier molecular flexibility index (Phi) is 6.45. The summed E-state index contributed by atoms with van der Waals surface area (Å²) < 4.78 is 36.5. The summed E-state index contributed by atoms with van der Waals surface area (Å²) in [5.74, 6) is -1.56. The van der Waals surface area contributed by atoms with Gasteiger partial charge in [0.05, 0.1) is 6.54 Å². The lowest BCUT2D eigenvalue weighted by molar-refractivity contribution is -0.146. The number of rotatable bonds is 6. The van der Waals surface area contributed by atoms with Gasteiger partial charge in [0, 0.05) is 6.54 Å². The number of hydrogen-bond acceptors (Lipinski definition) is 3. The Balaban J connectivity index is 4.35. The molecule has 0 rings (SSSR count). The van der Waals surface area contributed by atoms with Gasteiger partial charge in [-0.15, -0.1) is 0 Å². The Labute approximate surface area is 101 Å². The minimum Gasteiger partial charge on any atom is -0.479 e. The first-order valence-corrected chi connectivity index (χ1v) is 5.17. The average Bonchev–Trinajstić information content (AvgIpc) is 2.22. The van der Waals surface area contributed by atoms with Crippen molar-refractivity contribution >= 4 is 12.0 Å². The molecule has 18 heavy (non-hydrogen) atoms. The number of nitrogens with zero attached hydrogens (tertiary/aromatic N) is 1. The normalized spacial score (nSPS) is 12.9. The molecule has 0 fully saturated rings. The van der Waals surface area contributed by atoms with E-state index >= 15 is 0 Å². The van der Waals surface area contributed by atoms with Crippen LogP contribution in [-0.4, -0.2) is 59.0 Å². The van der Waals surface area contributed by atoms with E-state index in [1.165, 1.54) is 0 Å². The fraction of sp³-hybridized carbons (Fsp3) is 0.778. The largest absolute Gasteiger partial charge is 0.479 e. The molecule has 6 nitrogen and oxygen atoms in total. The van der Waals surface area contributed by atoms with E-state index in [2.05, 4.69) is 0 Å².